The highest BCUT2D eigenvalue weighted by Gasteiger charge is 2.44. The molecule has 0 aliphatic carbocycles. The highest BCUT2D eigenvalue weighted by atomic mass is 16.6. The van der Waals surface area contributed by atoms with Gasteiger partial charge in [0.25, 0.3) is 17.7 Å². The number of carbonyl (C=O) groups excluding carboxylic acids is 3. The molecule has 2 aliphatic rings. The largest absolute Gasteiger partial charge is 0.481 e. The van der Waals surface area contributed by atoms with E-state index in [0.29, 0.717) is 18.1 Å². The van der Waals surface area contributed by atoms with Gasteiger partial charge >= 0.3 is 5.97 Å². The van der Waals surface area contributed by atoms with E-state index in [1.807, 2.05) is 13.8 Å². The second-order valence-corrected chi connectivity index (χ2v) is 8.45. The van der Waals surface area contributed by atoms with Crippen molar-refractivity contribution in [3.8, 4) is 0 Å². The molecule has 1 aromatic rings. The number of rotatable bonds is 8. The molecular formula is C22H28N2O7. The van der Waals surface area contributed by atoms with E-state index >= 15 is 0 Å². The molecule has 1 saturated heterocycles. The number of imide groups is 1. The predicted octanol–water partition coefficient (Wildman–Crippen LogP) is 2.39. The highest BCUT2D eigenvalue weighted by Crippen LogP contribution is 2.30. The molecule has 1 aromatic carbocycles. The monoisotopic (exact) mass is 432 g/mol. The first-order valence-electron chi connectivity index (χ1n) is 10.5. The Balaban J connectivity index is 1.90. The minimum atomic E-state index is -1.31. The van der Waals surface area contributed by atoms with E-state index in [-0.39, 0.29) is 23.5 Å². The molecule has 0 aromatic heterocycles. The van der Waals surface area contributed by atoms with E-state index < -0.39 is 48.3 Å². The first kappa shape index (κ1) is 22.9. The van der Waals surface area contributed by atoms with Crippen molar-refractivity contribution < 1.29 is 34.2 Å². The zero-order chi connectivity index (χ0) is 22.7. The number of benzene rings is 1. The molecule has 3 atom stereocenters. The van der Waals surface area contributed by atoms with Crippen molar-refractivity contribution in [2.45, 2.75) is 45.8 Å². The maximum Gasteiger partial charge on any atom is 0.307 e. The van der Waals surface area contributed by atoms with Gasteiger partial charge in [-0.15, -0.1) is 0 Å². The maximum absolute atomic E-state index is 13.2. The third kappa shape index (κ3) is 4.77. The second kappa shape index (κ2) is 9.57. The zero-order valence-electron chi connectivity index (χ0n) is 17.7. The standard InChI is InChI=1S/C22H28N2O7/c1-13(2)11-16(22(28)29)17(21(27)24(30)18-9-5-6-10-31-18)12-23-19(25)14-7-3-4-8-15(14)20(23)26/h3-4,7-8,13,16-18,30H,5-6,9-12H2,1-2H3,(H,28,29)/t16-,17-,18?/m0/s1. The van der Waals surface area contributed by atoms with Crippen molar-refractivity contribution in [1.29, 1.82) is 0 Å². The summed E-state index contributed by atoms with van der Waals surface area (Å²) in [6.07, 6.45) is 1.26. The van der Waals surface area contributed by atoms with Crippen molar-refractivity contribution in [3.63, 3.8) is 0 Å². The van der Waals surface area contributed by atoms with Crippen molar-refractivity contribution in [3.05, 3.63) is 35.4 Å². The van der Waals surface area contributed by atoms with Crippen LogP contribution in [0.4, 0.5) is 0 Å². The number of ether oxygens (including phenoxy) is 1. The van der Waals surface area contributed by atoms with E-state index in [9.17, 15) is 29.5 Å². The summed E-state index contributed by atoms with van der Waals surface area (Å²) in [5.74, 6) is -5.79. The molecule has 0 bridgehead atoms. The Labute approximate surface area is 180 Å². The first-order valence-corrected chi connectivity index (χ1v) is 10.5. The van der Waals surface area contributed by atoms with Crippen molar-refractivity contribution >= 4 is 23.7 Å². The van der Waals surface area contributed by atoms with Crippen LogP contribution in [0.2, 0.25) is 0 Å². The molecule has 2 heterocycles. The molecule has 1 fully saturated rings. The van der Waals surface area contributed by atoms with E-state index in [1.54, 1.807) is 12.1 Å². The van der Waals surface area contributed by atoms with Gasteiger partial charge in [-0.2, -0.15) is 5.06 Å². The number of amides is 3. The average molecular weight is 432 g/mol. The van der Waals surface area contributed by atoms with Crippen molar-refractivity contribution in [2.24, 2.45) is 17.8 Å². The van der Waals surface area contributed by atoms with Gasteiger partial charge in [0, 0.05) is 13.2 Å². The normalized spacial score (nSPS) is 20.5. The van der Waals surface area contributed by atoms with E-state index in [2.05, 4.69) is 0 Å². The van der Waals surface area contributed by atoms with Crippen LogP contribution in [0, 0.1) is 17.8 Å². The van der Waals surface area contributed by atoms with Gasteiger partial charge in [-0.25, -0.2) is 0 Å². The van der Waals surface area contributed by atoms with Gasteiger partial charge < -0.3 is 9.84 Å². The average Bonchev–Trinajstić information content (AvgIpc) is 3.00. The smallest absolute Gasteiger partial charge is 0.307 e. The molecule has 2 aliphatic heterocycles. The van der Waals surface area contributed by atoms with Gasteiger partial charge in [-0.1, -0.05) is 26.0 Å². The molecule has 1 unspecified atom stereocenters. The Kier molecular flexibility index (Phi) is 7.07. The van der Waals surface area contributed by atoms with Crippen LogP contribution in [0.3, 0.4) is 0 Å². The van der Waals surface area contributed by atoms with Crippen LogP contribution in [0.1, 0.15) is 60.2 Å². The number of carboxylic acid groups (broad SMARTS) is 1. The summed E-state index contributed by atoms with van der Waals surface area (Å²) in [7, 11) is 0. The summed E-state index contributed by atoms with van der Waals surface area (Å²) in [6.45, 7) is 3.59. The van der Waals surface area contributed by atoms with Crippen LogP contribution in [-0.2, 0) is 14.3 Å². The lowest BCUT2D eigenvalue weighted by Crippen LogP contribution is -2.51. The quantitative estimate of drug-likeness (QED) is 0.367. The molecule has 0 saturated carbocycles. The Hall–Kier alpha value is -2.78. The van der Waals surface area contributed by atoms with Gasteiger partial charge in [-0.3, -0.25) is 29.3 Å². The van der Waals surface area contributed by atoms with Crippen LogP contribution < -0.4 is 0 Å². The number of hydrogen-bond donors (Lipinski definition) is 2. The third-order valence-electron chi connectivity index (χ3n) is 5.76. The van der Waals surface area contributed by atoms with Gasteiger partial charge in [0.15, 0.2) is 6.23 Å². The molecule has 0 radical (unpaired) electrons. The Bertz CT molecular complexity index is 828. The van der Waals surface area contributed by atoms with Gasteiger partial charge in [0.05, 0.1) is 23.0 Å². The van der Waals surface area contributed by atoms with E-state index in [1.165, 1.54) is 12.1 Å². The van der Waals surface area contributed by atoms with Gasteiger partial charge in [-0.05, 0) is 43.7 Å². The SMILES string of the molecule is CC(C)C[C@H](C(=O)O)[C@H](CN1C(=O)c2ccccc2C1=O)C(=O)N(O)C1CCCCO1. The molecule has 31 heavy (non-hydrogen) atoms. The molecule has 9 heteroatoms. The minimum absolute atomic E-state index is 0.0587. The fourth-order valence-electron chi connectivity index (χ4n) is 4.15. The summed E-state index contributed by atoms with van der Waals surface area (Å²) in [4.78, 5) is 51.8. The summed E-state index contributed by atoms with van der Waals surface area (Å²) >= 11 is 0. The zero-order valence-corrected chi connectivity index (χ0v) is 17.7. The van der Waals surface area contributed by atoms with Crippen LogP contribution in [0.25, 0.3) is 0 Å². The first-order chi connectivity index (χ1) is 14.7. The number of hydroxylamine groups is 2. The van der Waals surface area contributed by atoms with Crippen LogP contribution in [-0.4, -0.2) is 63.3 Å². The fraction of sp³-hybridized carbons (Fsp3) is 0.545. The molecule has 3 amide bonds. The second-order valence-electron chi connectivity index (χ2n) is 8.45. The summed E-state index contributed by atoms with van der Waals surface area (Å²) in [5, 5.41) is 20.8. The number of hydrogen-bond acceptors (Lipinski definition) is 6. The maximum atomic E-state index is 13.2. The van der Waals surface area contributed by atoms with Crippen molar-refractivity contribution in [2.75, 3.05) is 13.2 Å². The summed E-state index contributed by atoms with van der Waals surface area (Å²) in [5.41, 5.74) is 0.428. The fourth-order valence-corrected chi connectivity index (χ4v) is 4.15. The van der Waals surface area contributed by atoms with Gasteiger partial charge in [0.1, 0.15) is 0 Å². The lowest BCUT2D eigenvalue weighted by Gasteiger charge is -2.34. The Morgan fingerprint density at radius 2 is 1.74 bits per heavy atom. The number of carbonyl (C=O) groups is 4. The molecule has 0 spiro atoms. The topological polar surface area (TPSA) is 124 Å². The van der Waals surface area contributed by atoms with Crippen LogP contribution in [0.15, 0.2) is 24.3 Å². The lowest BCUT2D eigenvalue weighted by molar-refractivity contribution is -0.231. The number of nitrogens with zero attached hydrogens (tertiary/aromatic N) is 2. The molecular weight excluding hydrogens is 404 g/mol. The molecule has 168 valence electrons. The van der Waals surface area contributed by atoms with E-state index in [0.717, 1.165) is 17.7 Å². The molecule has 9 nitrogen and oxygen atoms in total. The number of carboxylic acids is 1. The number of fused-ring (bicyclic) bond motifs is 1. The highest BCUT2D eigenvalue weighted by molar-refractivity contribution is 6.21. The van der Waals surface area contributed by atoms with Gasteiger partial charge in [0.2, 0.25) is 0 Å². The summed E-state index contributed by atoms with van der Waals surface area (Å²) < 4.78 is 5.46. The minimum Gasteiger partial charge on any atom is -0.481 e. The van der Waals surface area contributed by atoms with Crippen molar-refractivity contribution in [1.82, 2.24) is 9.96 Å². The van der Waals surface area contributed by atoms with Crippen LogP contribution in [0.5, 0.6) is 0 Å². The third-order valence-corrected chi connectivity index (χ3v) is 5.76. The van der Waals surface area contributed by atoms with E-state index in [4.69, 9.17) is 4.74 Å². The number of aliphatic carboxylic acids is 1. The Morgan fingerprint density at radius 1 is 1.13 bits per heavy atom. The van der Waals surface area contributed by atoms with Crippen LogP contribution >= 0.6 is 0 Å². The lowest BCUT2D eigenvalue weighted by atomic mass is 9.84. The Morgan fingerprint density at radius 3 is 2.23 bits per heavy atom. The molecule has 3 rings (SSSR count). The summed E-state index contributed by atoms with van der Waals surface area (Å²) in [6, 6.07) is 6.29. The molecule has 2 N–H and O–H groups in total. The predicted molar refractivity (Wildman–Crippen MR) is 108 cm³/mol.